The zero-order valence-corrected chi connectivity index (χ0v) is 33.2. The maximum absolute atomic E-state index is 11.6. The van der Waals surface area contributed by atoms with Gasteiger partial charge in [0.05, 0.1) is 30.5 Å². The summed E-state index contributed by atoms with van der Waals surface area (Å²) >= 11 is 0. The van der Waals surface area contributed by atoms with E-state index in [1.165, 1.54) is 20.8 Å². The van der Waals surface area contributed by atoms with Gasteiger partial charge in [-0.1, -0.05) is 29.9 Å². The highest BCUT2D eigenvalue weighted by molar-refractivity contribution is 5.43. The summed E-state index contributed by atoms with van der Waals surface area (Å²) in [4.78, 5) is 0. The Morgan fingerprint density at radius 2 is 1.19 bits per heavy atom. The Morgan fingerprint density at radius 3 is 1.77 bits per heavy atom. The van der Waals surface area contributed by atoms with E-state index in [-0.39, 0.29) is 6.42 Å². The summed E-state index contributed by atoms with van der Waals surface area (Å²) in [7, 11) is 0. The van der Waals surface area contributed by atoms with Crippen molar-refractivity contribution in [3.63, 3.8) is 0 Å². The normalized spacial score (nSPS) is 46.9. The van der Waals surface area contributed by atoms with E-state index in [9.17, 15) is 51.1 Å². The summed E-state index contributed by atoms with van der Waals surface area (Å²) in [5.74, 6) is 0. The lowest BCUT2D eigenvalue weighted by atomic mass is 9.83. The molecule has 1 aliphatic carbocycles. The molecule has 4 heterocycles. The first-order chi connectivity index (χ1) is 26.7. The average Bonchev–Trinajstić information content (AvgIpc) is 3.16. The fraction of sp³-hybridized carbons (Fsp3) is 0.795. The quantitative estimate of drug-likeness (QED) is 0.0929. The molecule has 18 heteroatoms. The molecule has 21 unspecified atom stereocenters. The monoisotopic (exact) mass is 818 g/mol. The van der Waals surface area contributed by atoms with Crippen molar-refractivity contribution >= 4 is 0 Å². The van der Waals surface area contributed by atoms with Crippen molar-refractivity contribution in [2.45, 2.75) is 189 Å². The Bertz CT molecular complexity index is 1460. The van der Waals surface area contributed by atoms with Gasteiger partial charge in [-0.05, 0) is 65.5 Å². The molecule has 326 valence electrons. The fourth-order valence-corrected chi connectivity index (χ4v) is 7.76. The summed E-state index contributed by atoms with van der Waals surface area (Å²) in [6.45, 7) is 17.7. The van der Waals surface area contributed by atoms with E-state index in [2.05, 4.69) is 19.2 Å². The van der Waals surface area contributed by atoms with E-state index in [1.807, 2.05) is 13.8 Å². The highest BCUT2D eigenvalue weighted by Crippen LogP contribution is 2.38. The molecule has 5 rings (SSSR count). The van der Waals surface area contributed by atoms with Crippen LogP contribution in [-0.4, -0.2) is 186 Å². The molecule has 0 aromatic heterocycles. The molecule has 4 aliphatic heterocycles. The molecule has 4 saturated heterocycles. The molecule has 0 amide bonds. The first kappa shape index (κ1) is 46.3. The van der Waals surface area contributed by atoms with Crippen LogP contribution in [0.3, 0.4) is 0 Å². The van der Waals surface area contributed by atoms with Crippen LogP contribution in [0.15, 0.2) is 47.6 Å². The third-order valence-corrected chi connectivity index (χ3v) is 11.5. The molecule has 0 radical (unpaired) electrons. The van der Waals surface area contributed by atoms with Crippen molar-refractivity contribution in [1.82, 2.24) is 0 Å². The van der Waals surface area contributed by atoms with Gasteiger partial charge in [-0.2, -0.15) is 0 Å². The Morgan fingerprint density at radius 1 is 0.684 bits per heavy atom. The molecule has 0 saturated carbocycles. The Labute approximate surface area is 332 Å². The van der Waals surface area contributed by atoms with Gasteiger partial charge in [0.25, 0.3) is 0 Å². The van der Waals surface area contributed by atoms with Gasteiger partial charge in [0.2, 0.25) is 0 Å². The van der Waals surface area contributed by atoms with Crippen LogP contribution < -0.4 is 0 Å². The van der Waals surface area contributed by atoms with Crippen LogP contribution in [0.5, 0.6) is 0 Å². The van der Waals surface area contributed by atoms with Gasteiger partial charge >= 0.3 is 0 Å². The molecule has 0 aromatic rings. The van der Waals surface area contributed by atoms with Crippen molar-refractivity contribution in [3.8, 4) is 0 Å². The van der Waals surface area contributed by atoms with Gasteiger partial charge in [-0.3, -0.25) is 0 Å². The lowest BCUT2D eigenvalue weighted by Crippen LogP contribution is -2.66. The summed E-state index contributed by atoms with van der Waals surface area (Å²) in [5, 5.41) is 107. The van der Waals surface area contributed by atoms with E-state index >= 15 is 0 Å². The Hall–Kier alpha value is -1.76. The van der Waals surface area contributed by atoms with Crippen LogP contribution in [0.2, 0.25) is 0 Å². The lowest BCUT2D eigenvalue weighted by molar-refractivity contribution is -0.387. The van der Waals surface area contributed by atoms with Gasteiger partial charge < -0.3 is 89.0 Å². The van der Waals surface area contributed by atoms with Crippen LogP contribution in [0.1, 0.15) is 60.8 Å². The minimum Gasteiger partial charge on any atom is -0.388 e. The van der Waals surface area contributed by atoms with Crippen molar-refractivity contribution < 1.29 is 89.0 Å². The molecule has 5 aliphatic rings. The van der Waals surface area contributed by atoms with Crippen molar-refractivity contribution in [3.05, 3.63) is 47.6 Å². The smallest absolute Gasteiger partial charge is 0.188 e. The van der Waals surface area contributed by atoms with Crippen LogP contribution in [0.25, 0.3) is 0 Å². The van der Waals surface area contributed by atoms with Crippen LogP contribution in [0, 0.1) is 0 Å². The Balaban J connectivity index is 1.37. The predicted octanol–water partition coefficient (Wildman–Crippen LogP) is -1.69. The third-order valence-electron chi connectivity index (χ3n) is 11.5. The van der Waals surface area contributed by atoms with Gasteiger partial charge in [0, 0.05) is 6.42 Å². The largest absolute Gasteiger partial charge is 0.388 e. The van der Waals surface area contributed by atoms with E-state index in [1.54, 1.807) is 13.0 Å². The number of aliphatic hydroxyl groups is 10. The molecule has 18 nitrogen and oxygen atoms in total. The summed E-state index contributed by atoms with van der Waals surface area (Å²) in [6, 6.07) is 0. The number of hydrogen-bond acceptors (Lipinski definition) is 18. The van der Waals surface area contributed by atoms with E-state index < -0.39 is 135 Å². The maximum Gasteiger partial charge on any atom is 0.188 e. The molecule has 10 N–H and O–H groups in total. The predicted molar refractivity (Wildman–Crippen MR) is 197 cm³/mol. The topological polar surface area (TPSA) is 276 Å². The molecule has 21 atom stereocenters. The van der Waals surface area contributed by atoms with Crippen molar-refractivity contribution in [2.75, 3.05) is 6.61 Å². The standard InChI is InChI=1S/C39H62O18/c1-9-39(8,13-20-12-16(4)10-11-21(20)15(2)3)57-38-34(28(45)25(42)22(54-38)14-50-35-30(47)26(43)23(40)17(5)51-35)56-37-32(49)29(46)33(19(7)53-37)55-36-31(48)27(44)24(41)18(6)52-36/h9,12,17-19,22-38,40-49H,1-2,10-11,13-14H2,3-8H3. The van der Waals surface area contributed by atoms with E-state index in [0.717, 1.165) is 35.1 Å². The molecule has 4 fully saturated rings. The summed E-state index contributed by atoms with van der Waals surface area (Å²) < 4.78 is 47.3. The molecule has 0 aromatic carbocycles. The number of ether oxygens (including phenoxy) is 8. The lowest BCUT2D eigenvalue weighted by Gasteiger charge is -2.49. The molecular weight excluding hydrogens is 756 g/mol. The molecule has 0 spiro atoms. The highest BCUT2D eigenvalue weighted by Gasteiger charge is 2.54. The minimum atomic E-state index is -1.86. The zero-order valence-electron chi connectivity index (χ0n) is 33.2. The molecule has 57 heavy (non-hydrogen) atoms. The molecular formula is C39H62O18. The zero-order chi connectivity index (χ0) is 42.3. The first-order valence-electron chi connectivity index (χ1n) is 19.4. The number of rotatable bonds is 13. The number of aliphatic hydroxyl groups excluding tert-OH is 10. The van der Waals surface area contributed by atoms with Crippen LogP contribution in [0.4, 0.5) is 0 Å². The van der Waals surface area contributed by atoms with Gasteiger partial charge in [-0.25, -0.2) is 0 Å². The van der Waals surface area contributed by atoms with Crippen molar-refractivity contribution in [2.24, 2.45) is 0 Å². The maximum atomic E-state index is 11.6. The van der Waals surface area contributed by atoms with E-state index in [0.29, 0.717) is 0 Å². The SMILES string of the molecule is C=CC(C)(CC1=C(C(=C)C)CCC(C)=C1)OC1OC(COC2OC(C)C(O)C(O)C2O)C(O)C(O)C1OC1OC(C)C(OC2OC(C)C(O)C(O)C2O)C(O)C1O. The minimum absolute atomic E-state index is 0.277. The van der Waals surface area contributed by atoms with Crippen molar-refractivity contribution in [1.29, 1.82) is 0 Å². The summed E-state index contributed by atoms with van der Waals surface area (Å²) in [6.07, 6.45) is -24.4. The second-order valence-electron chi connectivity index (χ2n) is 16.2. The van der Waals surface area contributed by atoms with Gasteiger partial charge in [0.15, 0.2) is 25.2 Å². The second-order valence-corrected chi connectivity index (χ2v) is 16.2. The van der Waals surface area contributed by atoms with E-state index in [4.69, 9.17) is 37.9 Å². The second kappa shape index (κ2) is 18.9. The third kappa shape index (κ3) is 10.1. The number of hydrogen-bond donors (Lipinski definition) is 10. The first-order valence-corrected chi connectivity index (χ1v) is 19.4. The highest BCUT2D eigenvalue weighted by atomic mass is 16.8. The number of allylic oxidation sites excluding steroid dienone is 4. The average molecular weight is 819 g/mol. The Kier molecular flexibility index (Phi) is 15.3. The fourth-order valence-electron chi connectivity index (χ4n) is 7.76. The summed E-state index contributed by atoms with van der Waals surface area (Å²) in [5.41, 5.74) is 2.82. The molecule has 0 bridgehead atoms. The van der Waals surface area contributed by atoms with Crippen LogP contribution >= 0.6 is 0 Å². The van der Waals surface area contributed by atoms with Gasteiger partial charge in [0.1, 0.15) is 79.4 Å². The van der Waals surface area contributed by atoms with Gasteiger partial charge in [-0.15, -0.1) is 6.58 Å². The van der Waals surface area contributed by atoms with Crippen LogP contribution in [-0.2, 0) is 37.9 Å².